The summed E-state index contributed by atoms with van der Waals surface area (Å²) >= 11 is 0. The first kappa shape index (κ1) is 25.1. The molecule has 1 aliphatic rings. The zero-order valence-corrected chi connectivity index (χ0v) is 19.8. The van der Waals surface area contributed by atoms with E-state index in [0.717, 1.165) is 5.56 Å². The average Bonchev–Trinajstić information content (AvgIpc) is 2.87. The van der Waals surface area contributed by atoms with Gasteiger partial charge >= 0.3 is 6.03 Å². The highest BCUT2D eigenvalue weighted by molar-refractivity contribution is 14.0. The van der Waals surface area contributed by atoms with Crippen LogP contribution < -0.4 is 10.6 Å². The molecule has 0 aliphatic carbocycles. The molecule has 9 heteroatoms. The first-order chi connectivity index (χ1) is 13.3. The van der Waals surface area contributed by atoms with Crippen LogP contribution in [0.15, 0.2) is 29.3 Å². The summed E-state index contributed by atoms with van der Waals surface area (Å²) in [6, 6.07) is 6.13. The van der Waals surface area contributed by atoms with Crippen LogP contribution in [0.1, 0.15) is 39.2 Å². The largest absolute Gasteiger partial charge is 0.357 e. The van der Waals surface area contributed by atoms with Crippen LogP contribution in [0.2, 0.25) is 0 Å². The number of nitrogens with zero attached hydrogens (tertiary/aromatic N) is 3. The predicted octanol–water partition coefficient (Wildman–Crippen LogP) is 2.95. The van der Waals surface area contributed by atoms with Gasteiger partial charge in [0, 0.05) is 33.2 Å². The van der Waals surface area contributed by atoms with E-state index < -0.39 is 5.54 Å². The minimum atomic E-state index is -0.805. The van der Waals surface area contributed by atoms with Crippen LogP contribution in [0, 0.1) is 5.82 Å². The first-order valence-electron chi connectivity index (χ1n) is 9.68. The van der Waals surface area contributed by atoms with Crippen molar-refractivity contribution in [3.63, 3.8) is 0 Å². The number of aliphatic imine (C=N–C) groups is 1. The molecule has 1 saturated heterocycles. The monoisotopic (exact) mass is 519 g/mol. The summed E-state index contributed by atoms with van der Waals surface area (Å²) in [7, 11) is 1.89. The van der Waals surface area contributed by atoms with Crippen molar-refractivity contribution in [2.75, 3.05) is 26.7 Å². The third kappa shape index (κ3) is 6.55. The number of rotatable bonds is 8. The van der Waals surface area contributed by atoms with Gasteiger partial charge in [-0.2, -0.15) is 0 Å². The molecule has 7 nitrogen and oxygen atoms in total. The third-order valence-corrected chi connectivity index (χ3v) is 4.86. The normalized spacial score (nSPS) is 19.1. The number of nitrogens with one attached hydrogen (secondary N) is 2. The van der Waals surface area contributed by atoms with Gasteiger partial charge in [0.25, 0.3) is 5.91 Å². The summed E-state index contributed by atoms with van der Waals surface area (Å²) in [4.78, 5) is 32.2. The third-order valence-electron chi connectivity index (χ3n) is 4.86. The molecular formula is C20H31FIN5O2. The Morgan fingerprint density at radius 1 is 1.34 bits per heavy atom. The summed E-state index contributed by atoms with van der Waals surface area (Å²) in [6.07, 6.45) is 1.13. The molecule has 0 aromatic heterocycles. The summed E-state index contributed by atoms with van der Waals surface area (Å²) in [5.41, 5.74) is 0.0479. The van der Waals surface area contributed by atoms with E-state index in [1.807, 2.05) is 31.9 Å². The van der Waals surface area contributed by atoms with Crippen LogP contribution in [0.3, 0.4) is 0 Å². The molecule has 0 spiro atoms. The van der Waals surface area contributed by atoms with Crippen molar-refractivity contribution in [2.45, 2.75) is 45.7 Å². The Morgan fingerprint density at radius 3 is 2.66 bits per heavy atom. The second kappa shape index (κ2) is 11.3. The molecule has 1 heterocycles. The van der Waals surface area contributed by atoms with Crippen molar-refractivity contribution in [3.05, 3.63) is 35.6 Å². The Bertz CT molecular complexity index is 745. The van der Waals surface area contributed by atoms with E-state index in [-0.39, 0.29) is 41.7 Å². The molecule has 2 rings (SSSR count). The topological polar surface area (TPSA) is 77.0 Å². The lowest BCUT2D eigenvalue weighted by molar-refractivity contribution is -0.130. The fourth-order valence-corrected chi connectivity index (χ4v) is 3.06. The Morgan fingerprint density at radius 2 is 2.07 bits per heavy atom. The Labute approximate surface area is 189 Å². The van der Waals surface area contributed by atoms with Gasteiger partial charge in [0.2, 0.25) is 0 Å². The lowest BCUT2D eigenvalue weighted by atomic mass is 9.99. The van der Waals surface area contributed by atoms with Gasteiger partial charge in [0.1, 0.15) is 11.4 Å². The highest BCUT2D eigenvalue weighted by Gasteiger charge is 2.45. The number of guanidine groups is 1. The molecule has 0 saturated carbocycles. The van der Waals surface area contributed by atoms with E-state index in [1.54, 1.807) is 13.0 Å². The number of urea groups is 1. The lowest BCUT2D eigenvalue weighted by Gasteiger charge is -2.22. The summed E-state index contributed by atoms with van der Waals surface area (Å²) < 4.78 is 13.4. The van der Waals surface area contributed by atoms with Gasteiger partial charge in [0.05, 0.1) is 0 Å². The number of imide groups is 1. The fraction of sp³-hybridized carbons (Fsp3) is 0.550. The van der Waals surface area contributed by atoms with Gasteiger partial charge in [-0.25, -0.2) is 9.18 Å². The molecule has 2 N–H and O–H groups in total. The van der Waals surface area contributed by atoms with Crippen molar-refractivity contribution in [1.29, 1.82) is 0 Å². The van der Waals surface area contributed by atoms with E-state index in [4.69, 9.17) is 0 Å². The van der Waals surface area contributed by atoms with Crippen molar-refractivity contribution in [3.8, 4) is 0 Å². The van der Waals surface area contributed by atoms with Crippen LogP contribution in [-0.4, -0.2) is 59.9 Å². The number of carbonyl (C=O) groups excluding carboxylic acids is 2. The molecule has 0 radical (unpaired) electrons. The molecule has 1 unspecified atom stereocenters. The van der Waals surface area contributed by atoms with Gasteiger partial charge in [-0.15, -0.1) is 24.0 Å². The highest BCUT2D eigenvalue weighted by Crippen LogP contribution is 2.20. The smallest absolute Gasteiger partial charge is 0.325 e. The van der Waals surface area contributed by atoms with Gasteiger partial charge in [-0.3, -0.25) is 14.7 Å². The first-order valence-corrected chi connectivity index (χ1v) is 9.68. The van der Waals surface area contributed by atoms with Crippen LogP contribution in [0.25, 0.3) is 0 Å². The van der Waals surface area contributed by atoms with Crippen LogP contribution in [0.5, 0.6) is 0 Å². The molecule has 3 amide bonds. The molecule has 162 valence electrons. The zero-order chi connectivity index (χ0) is 20.7. The van der Waals surface area contributed by atoms with Crippen molar-refractivity contribution in [1.82, 2.24) is 20.4 Å². The molecule has 29 heavy (non-hydrogen) atoms. The van der Waals surface area contributed by atoms with Crippen LogP contribution in [0.4, 0.5) is 9.18 Å². The quantitative estimate of drug-likeness (QED) is 0.182. The minimum Gasteiger partial charge on any atom is -0.357 e. The molecular weight excluding hydrogens is 488 g/mol. The second-order valence-corrected chi connectivity index (χ2v) is 7.15. The highest BCUT2D eigenvalue weighted by atomic mass is 127. The molecule has 1 aromatic rings. The van der Waals surface area contributed by atoms with E-state index in [1.165, 1.54) is 17.0 Å². The number of carbonyl (C=O) groups is 2. The Kier molecular flexibility index (Phi) is 9.81. The molecule has 1 atom stereocenters. The maximum atomic E-state index is 13.4. The van der Waals surface area contributed by atoms with E-state index >= 15 is 0 Å². The number of halogens is 2. The second-order valence-electron chi connectivity index (χ2n) is 7.15. The lowest BCUT2D eigenvalue weighted by Crippen LogP contribution is -2.43. The minimum absolute atomic E-state index is 0. The number of amides is 3. The van der Waals surface area contributed by atoms with Gasteiger partial charge in [-0.05, 0) is 44.4 Å². The SMILES string of the molecule is CCNC(=NCCCN1C(=O)NC(C)(CC)C1=O)N(C)Cc1cccc(F)c1.I. The van der Waals surface area contributed by atoms with Crippen molar-refractivity contribution < 1.29 is 14.0 Å². The summed E-state index contributed by atoms with van der Waals surface area (Å²) in [5, 5.41) is 5.96. The fourth-order valence-electron chi connectivity index (χ4n) is 3.06. The van der Waals surface area contributed by atoms with E-state index in [9.17, 15) is 14.0 Å². The maximum Gasteiger partial charge on any atom is 0.325 e. The molecule has 1 aromatic carbocycles. The van der Waals surface area contributed by atoms with Crippen molar-refractivity contribution >= 4 is 41.9 Å². The maximum absolute atomic E-state index is 13.4. The number of hydrogen-bond donors (Lipinski definition) is 2. The molecule has 0 bridgehead atoms. The van der Waals surface area contributed by atoms with E-state index in [0.29, 0.717) is 45.0 Å². The zero-order valence-electron chi connectivity index (χ0n) is 17.5. The van der Waals surface area contributed by atoms with Gasteiger partial charge < -0.3 is 15.5 Å². The summed E-state index contributed by atoms with van der Waals surface area (Å²) in [5.74, 6) is 0.252. The predicted molar refractivity (Wildman–Crippen MR) is 123 cm³/mol. The van der Waals surface area contributed by atoms with Crippen LogP contribution >= 0.6 is 24.0 Å². The number of hydrogen-bond acceptors (Lipinski definition) is 3. The number of benzene rings is 1. The van der Waals surface area contributed by atoms with Gasteiger partial charge in [0.15, 0.2) is 5.96 Å². The molecule has 1 aliphatic heterocycles. The summed E-state index contributed by atoms with van der Waals surface area (Å²) in [6.45, 7) is 7.62. The Balaban J connectivity index is 0.00000420. The van der Waals surface area contributed by atoms with Gasteiger partial charge in [-0.1, -0.05) is 19.1 Å². The average molecular weight is 519 g/mol. The van der Waals surface area contributed by atoms with E-state index in [2.05, 4.69) is 15.6 Å². The van der Waals surface area contributed by atoms with Crippen molar-refractivity contribution in [2.24, 2.45) is 4.99 Å². The molecule has 1 fully saturated rings. The standard InChI is InChI=1S/C20H30FN5O2.HI/c1-5-20(3)17(27)26(19(28)24-20)12-8-11-23-18(22-6-2)25(4)14-15-9-7-10-16(21)13-15;/h7,9-10,13H,5-6,8,11-12,14H2,1-4H3,(H,22,23)(H,24,28);1H. The van der Waals surface area contributed by atoms with Crippen LogP contribution in [-0.2, 0) is 11.3 Å². The Hall–Kier alpha value is -1.91.